The van der Waals surface area contributed by atoms with E-state index in [4.69, 9.17) is 0 Å². The van der Waals surface area contributed by atoms with Crippen LogP contribution in [0.5, 0.6) is 0 Å². The summed E-state index contributed by atoms with van der Waals surface area (Å²) in [5.41, 5.74) is 2.05. The van der Waals surface area contributed by atoms with E-state index in [9.17, 15) is 9.59 Å². The van der Waals surface area contributed by atoms with Crippen LogP contribution in [0, 0.1) is 0 Å². The molecule has 2 rings (SSSR count). The van der Waals surface area contributed by atoms with Gasteiger partial charge in [-0.05, 0) is 17.2 Å². The first-order valence-corrected chi connectivity index (χ1v) is 6.57. The molecule has 1 aliphatic rings. The van der Waals surface area contributed by atoms with Gasteiger partial charge in [0.2, 0.25) is 11.8 Å². The second-order valence-corrected chi connectivity index (χ2v) is 4.68. The average Bonchev–Trinajstić information content (AvgIpc) is 2.45. The summed E-state index contributed by atoms with van der Waals surface area (Å²) >= 11 is 0. The Bertz CT molecular complexity index is 563. The van der Waals surface area contributed by atoms with E-state index < -0.39 is 0 Å². The van der Waals surface area contributed by atoms with Gasteiger partial charge in [-0.2, -0.15) is 0 Å². The number of rotatable bonds is 4. The van der Waals surface area contributed by atoms with Gasteiger partial charge in [-0.15, -0.1) is 6.58 Å². The Balaban J connectivity index is 2.25. The molecule has 1 N–H and O–H groups in total. The van der Waals surface area contributed by atoms with Gasteiger partial charge in [0, 0.05) is 19.7 Å². The molecule has 0 radical (unpaired) electrons. The minimum atomic E-state index is -0.251. The summed E-state index contributed by atoms with van der Waals surface area (Å²) in [6.07, 6.45) is 5.52. The van der Waals surface area contributed by atoms with Crippen LogP contribution in [0.1, 0.15) is 30.5 Å². The Morgan fingerprint density at radius 2 is 2.15 bits per heavy atom. The van der Waals surface area contributed by atoms with E-state index in [1.807, 2.05) is 30.3 Å². The van der Waals surface area contributed by atoms with Gasteiger partial charge in [-0.1, -0.05) is 30.3 Å². The number of hydrogen-bond acceptors (Lipinski definition) is 2. The lowest BCUT2D eigenvalue weighted by Crippen LogP contribution is -2.35. The molecule has 0 saturated carbocycles. The predicted molar refractivity (Wildman–Crippen MR) is 78.6 cm³/mol. The Labute approximate surface area is 118 Å². The molecule has 0 spiro atoms. The molecule has 0 aromatic heterocycles. The molecule has 1 heterocycles. The lowest BCUT2D eigenvalue weighted by atomic mass is 9.93. The summed E-state index contributed by atoms with van der Waals surface area (Å²) < 4.78 is 0. The minimum Gasteiger partial charge on any atom is -0.353 e. The zero-order valence-corrected chi connectivity index (χ0v) is 11.5. The molecule has 1 aliphatic heterocycles. The van der Waals surface area contributed by atoms with Gasteiger partial charge < -0.3 is 10.2 Å². The quantitative estimate of drug-likeness (QED) is 0.853. The summed E-state index contributed by atoms with van der Waals surface area (Å²) in [4.78, 5) is 25.3. The highest BCUT2D eigenvalue weighted by molar-refractivity contribution is 5.81. The fourth-order valence-corrected chi connectivity index (χ4v) is 2.35. The molecule has 0 unspecified atom stereocenters. The van der Waals surface area contributed by atoms with Crippen LogP contribution in [-0.4, -0.2) is 23.3 Å². The van der Waals surface area contributed by atoms with Crippen molar-refractivity contribution in [1.82, 2.24) is 10.2 Å². The molecule has 0 bridgehead atoms. The van der Waals surface area contributed by atoms with E-state index in [0.29, 0.717) is 6.54 Å². The number of amides is 2. The summed E-state index contributed by atoms with van der Waals surface area (Å²) in [5, 5.41) is 2.75. The summed E-state index contributed by atoms with van der Waals surface area (Å²) in [7, 11) is 0. The summed E-state index contributed by atoms with van der Waals surface area (Å²) in [5.74, 6) is -0.163. The molecule has 1 aromatic rings. The molecule has 20 heavy (non-hydrogen) atoms. The van der Waals surface area contributed by atoms with E-state index in [1.165, 1.54) is 6.92 Å². The van der Waals surface area contributed by atoms with Crippen LogP contribution >= 0.6 is 0 Å². The third-order valence-electron chi connectivity index (χ3n) is 3.29. The van der Waals surface area contributed by atoms with Crippen molar-refractivity contribution in [3.05, 3.63) is 54.2 Å². The predicted octanol–water partition coefficient (Wildman–Crippen LogP) is 2.25. The molecule has 1 atom stereocenters. The number of carbonyl (C=O) groups excluding carboxylic acids is 2. The Kier molecular flexibility index (Phi) is 4.35. The van der Waals surface area contributed by atoms with E-state index in [1.54, 1.807) is 17.2 Å². The number of carbonyl (C=O) groups is 2. The van der Waals surface area contributed by atoms with Gasteiger partial charge in [-0.3, -0.25) is 9.59 Å². The van der Waals surface area contributed by atoms with Gasteiger partial charge in [0.05, 0.1) is 12.5 Å². The second-order valence-electron chi connectivity index (χ2n) is 4.68. The number of benzene rings is 1. The maximum Gasteiger partial charge on any atom is 0.223 e. The van der Waals surface area contributed by atoms with Gasteiger partial charge in [0.15, 0.2) is 0 Å². The summed E-state index contributed by atoms with van der Waals surface area (Å²) in [6.45, 7) is 5.51. The first-order valence-electron chi connectivity index (χ1n) is 6.57. The van der Waals surface area contributed by atoms with Crippen LogP contribution in [0.25, 0.3) is 6.08 Å². The smallest absolute Gasteiger partial charge is 0.223 e. The number of fused-ring (bicyclic) bond motifs is 1. The van der Waals surface area contributed by atoms with Crippen LogP contribution < -0.4 is 5.32 Å². The normalized spacial score (nSPS) is 16.4. The first-order chi connectivity index (χ1) is 9.63. The van der Waals surface area contributed by atoms with Crippen LogP contribution in [0.3, 0.4) is 0 Å². The monoisotopic (exact) mass is 270 g/mol. The standard InChI is InChI=1S/C16H18N2O2/c1-3-9-17-16(20)11-15-14-7-5-4-6-13(14)8-10-18(15)12(2)19/h3-8,10,15H,1,9,11H2,2H3,(H,17,20)/t15-/m0/s1. The van der Waals surface area contributed by atoms with Crippen molar-refractivity contribution >= 4 is 17.9 Å². The van der Waals surface area contributed by atoms with Crippen molar-refractivity contribution < 1.29 is 9.59 Å². The lowest BCUT2D eigenvalue weighted by molar-refractivity contribution is -0.129. The van der Waals surface area contributed by atoms with E-state index >= 15 is 0 Å². The molecule has 0 fully saturated rings. The van der Waals surface area contributed by atoms with Crippen LogP contribution in [-0.2, 0) is 9.59 Å². The number of nitrogens with zero attached hydrogens (tertiary/aromatic N) is 1. The highest BCUT2D eigenvalue weighted by Gasteiger charge is 2.27. The zero-order chi connectivity index (χ0) is 14.5. The van der Waals surface area contributed by atoms with Crippen molar-refractivity contribution in [1.29, 1.82) is 0 Å². The topological polar surface area (TPSA) is 49.4 Å². The highest BCUT2D eigenvalue weighted by atomic mass is 16.2. The second kappa shape index (κ2) is 6.19. The Hall–Kier alpha value is -2.36. The molecule has 4 nitrogen and oxygen atoms in total. The largest absolute Gasteiger partial charge is 0.353 e. The maximum absolute atomic E-state index is 11.9. The Morgan fingerprint density at radius 3 is 2.85 bits per heavy atom. The molecule has 0 aliphatic carbocycles. The van der Waals surface area contributed by atoms with Crippen molar-refractivity contribution in [3.63, 3.8) is 0 Å². The third kappa shape index (κ3) is 2.96. The number of nitrogens with one attached hydrogen (secondary N) is 1. The first kappa shape index (κ1) is 14.1. The molecule has 1 aromatic carbocycles. The van der Waals surface area contributed by atoms with Crippen molar-refractivity contribution in [2.45, 2.75) is 19.4 Å². The fraction of sp³-hybridized carbons (Fsp3) is 0.250. The summed E-state index contributed by atoms with van der Waals surface area (Å²) in [6, 6.07) is 7.56. The van der Waals surface area contributed by atoms with E-state index in [2.05, 4.69) is 11.9 Å². The number of hydrogen-bond donors (Lipinski definition) is 1. The van der Waals surface area contributed by atoms with Crippen LogP contribution in [0.4, 0.5) is 0 Å². The van der Waals surface area contributed by atoms with Crippen molar-refractivity contribution in [2.24, 2.45) is 0 Å². The highest BCUT2D eigenvalue weighted by Crippen LogP contribution is 2.32. The zero-order valence-electron chi connectivity index (χ0n) is 11.5. The lowest BCUT2D eigenvalue weighted by Gasteiger charge is -2.32. The molecule has 104 valence electrons. The molecular formula is C16H18N2O2. The van der Waals surface area contributed by atoms with Crippen molar-refractivity contribution in [2.75, 3.05) is 6.54 Å². The van der Waals surface area contributed by atoms with Crippen LogP contribution in [0.2, 0.25) is 0 Å². The van der Waals surface area contributed by atoms with Gasteiger partial charge >= 0.3 is 0 Å². The maximum atomic E-state index is 11.9. The van der Waals surface area contributed by atoms with Crippen LogP contribution in [0.15, 0.2) is 43.1 Å². The average molecular weight is 270 g/mol. The SMILES string of the molecule is C=CCNC(=O)C[C@H]1c2ccccc2C=CN1C(C)=O. The molecule has 0 saturated heterocycles. The molecule has 2 amide bonds. The fourth-order valence-electron chi connectivity index (χ4n) is 2.35. The van der Waals surface area contributed by atoms with Crippen molar-refractivity contribution in [3.8, 4) is 0 Å². The van der Waals surface area contributed by atoms with Gasteiger partial charge in [0.25, 0.3) is 0 Å². The third-order valence-corrected chi connectivity index (χ3v) is 3.29. The minimum absolute atomic E-state index is 0.0720. The van der Waals surface area contributed by atoms with Gasteiger partial charge in [-0.25, -0.2) is 0 Å². The van der Waals surface area contributed by atoms with Gasteiger partial charge in [0.1, 0.15) is 0 Å². The Morgan fingerprint density at radius 1 is 1.40 bits per heavy atom. The molecule has 4 heteroatoms. The van der Waals surface area contributed by atoms with E-state index in [0.717, 1.165) is 11.1 Å². The van der Waals surface area contributed by atoms with E-state index in [-0.39, 0.29) is 24.3 Å². The molecular weight excluding hydrogens is 252 g/mol.